The van der Waals surface area contributed by atoms with Crippen LogP contribution in [-0.4, -0.2) is 37.9 Å². The summed E-state index contributed by atoms with van der Waals surface area (Å²) < 4.78 is 0. The number of hydrogen-bond donors (Lipinski definition) is 5. The number of Topliss-reactive ketones (excluding diaryl/α,β-unsaturated/α-hetero) is 2. The maximum Gasteiger partial charge on any atom is 0.255 e. The molecule has 4 atom stereocenters. The smallest absolute Gasteiger partial charge is 0.255 e. The lowest BCUT2D eigenvalue weighted by Gasteiger charge is -2.47. The number of amides is 1. The van der Waals surface area contributed by atoms with Crippen molar-refractivity contribution in [1.29, 1.82) is 0 Å². The van der Waals surface area contributed by atoms with Gasteiger partial charge in [-0.25, -0.2) is 0 Å². The molecule has 146 valence electrons. The van der Waals surface area contributed by atoms with E-state index in [1.54, 1.807) is 6.07 Å². The molecule has 3 aliphatic rings. The van der Waals surface area contributed by atoms with Gasteiger partial charge in [0.25, 0.3) is 5.91 Å². The van der Waals surface area contributed by atoms with Crippen LogP contribution in [0.3, 0.4) is 0 Å². The number of rotatable bonds is 1. The summed E-state index contributed by atoms with van der Waals surface area (Å²) in [7, 11) is 0. The number of benzene rings is 1. The van der Waals surface area contributed by atoms with Crippen LogP contribution in [0.1, 0.15) is 30.9 Å². The van der Waals surface area contributed by atoms with E-state index in [1.807, 2.05) is 0 Å². The van der Waals surface area contributed by atoms with E-state index < -0.39 is 57.9 Å². The minimum atomic E-state index is -1.59. The summed E-state index contributed by atoms with van der Waals surface area (Å²) in [5.74, 6) is -6.63. The first-order valence-electron chi connectivity index (χ1n) is 8.86. The summed E-state index contributed by atoms with van der Waals surface area (Å²) in [6.07, 6.45) is -0.0496. The van der Waals surface area contributed by atoms with Crippen LogP contribution in [0, 0.1) is 17.8 Å². The third-order valence-electron chi connectivity index (χ3n) is 6.19. The van der Waals surface area contributed by atoms with Crippen molar-refractivity contribution in [3.63, 3.8) is 0 Å². The van der Waals surface area contributed by atoms with Crippen molar-refractivity contribution in [2.24, 2.45) is 23.5 Å². The van der Waals surface area contributed by atoms with Gasteiger partial charge in [0.2, 0.25) is 0 Å². The number of carbonyl (C=O) groups is 3. The Bertz CT molecular complexity index is 1020. The fraction of sp³-hybridized carbons (Fsp3) is 0.350. The molecule has 0 aromatic heterocycles. The number of aliphatic hydroxyl groups excluding tert-OH is 2. The molecule has 8 nitrogen and oxygen atoms in total. The topological polar surface area (TPSA) is 158 Å². The number of phenolic OH excluding ortho intramolecular Hbond substituents is 1. The maximum absolute atomic E-state index is 13.2. The van der Waals surface area contributed by atoms with Gasteiger partial charge >= 0.3 is 0 Å². The van der Waals surface area contributed by atoms with Gasteiger partial charge in [0, 0.05) is 17.9 Å². The molecule has 0 unspecified atom stereocenters. The quantitative estimate of drug-likeness (QED) is 0.451. The van der Waals surface area contributed by atoms with E-state index in [4.69, 9.17) is 5.73 Å². The minimum absolute atomic E-state index is 0.0453. The van der Waals surface area contributed by atoms with Gasteiger partial charge in [-0.15, -0.1) is 0 Å². The summed E-state index contributed by atoms with van der Waals surface area (Å²) in [6.45, 7) is 1.48. The highest BCUT2D eigenvalue weighted by Gasteiger charge is 2.56. The molecular weight excluding hydrogens is 366 g/mol. The Morgan fingerprint density at radius 1 is 1.21 bits per heavy atom. The van der Waals surface area contributed by atoms with Gasteiger partial charge in [-0.1, -0.05) is 12.1 Å². The first-order valence-corrected chi connectivity index (χ1v) is 8.86. The van der Waals surface area contributed by atoms with Crippen molar-refractivity contribution in [2.75, 3.05) is 0 Å². The van der Waals surface area contributed by atoms with Gasteiger partial charge in [-0.05, 0) is 30.9 Å². The Labute approximate surface area is 159 Å². The molecule has 0 bridgehead atoms. The molecule has 8 heteroatoms. The van der Waals surface area contributed by atoms with Crippen molar-refractivity contribution in [1.82, 2.24) is 0 Å². The van der Waals surface area contributed by atoms with Gasteiger partial charge in [0.05, 0.1) is 17.1 Å². The van der Waals surface area contributed by atoms with E-state index in [-0.39, 0.29) is 35.3 Å². The lowest BCUT2D eigenvalue weighted by atomic mass is 9.57. The largest absolute Gasteiger partial charge is 0.511 e. The number of nitrogens with two attached hydrogens (primary N) is 1. The van der Waals surface area contributed by atoms with Crippen LogP contribution < -0.4 is 5.73 Å². The van der Waals surface area contributed by atoms with Gasteiger partial charge in [-0.3, -0.25) is 14.4 Å². The maximum atomic E-state index is 13.2. The molecule has 0 radical (unpaired) electrons. The van der Waals surface area contributed by atoms with Crippen LogP contribution >= 0.6 is 0 Å². The molecule has 1 saturated carbocycles. The number of aliphatic hydroxyl groups is 3. The third kappa shape index (κ3) is 2.18. The molecule has 4 rings (SSSR count). The molecule has 6 N–H and O–H groups in total. The normalized spacial score (nSPS) is 32.0. The number of carbonyl (C=O) groups excluding carboxylic acids is 3. The second-order valence-electron chi connectivity index (χ2n) is 7.75. The van der Waals surface area contributed by atoms with E-state index >= 15 is 0 Å². The second kappa shape index (κ2) is 5.68. The summed E-state index contributed by atoms with van der Waals surface area (Å²) in [4.78, 5) is 37.0. The zero-order valence-corrected chi connectivity index (χ0v) is 15.0. The molecule has 0 heterocycles. The van der Waals surface area contributed by atoms with Gasteiger partial charge in [-0.2, -0.15) is 0 Å². The van der Waals surface area contributed by atoms with Crippen molar-refractivity contribution < 1.29 is 34.8 Å². The predicted octanol–water partition coefficient (Wildman–Crippen LogP) is 0.974. The lowest BCUT2D eigenvalue weighted by molar-refractivity contribution is -0.130. The Kier molecular flexibility index (Phi) is 3.70. The van der Waals surface area contributed by atoms with Gasteiger partial charge in [0.15, 0.2) is 11.6 Å². The number of primary amides is 1. The van der Waals surface area contributed by atoms with Gasteiger partial charge in [0.1, 0.15) is 22.8 Å². The average Bonchev–Trinajstić information content (AvgIpc) is 2.58. The fourth-order valence-corrected chi connectivity index (χ4v) is 4.89. The van der Waals surface area contributed by atoms with E-state index in [9.17, 15) is 34.8 Å². The van der Waals surface area contributed by atoms with Crippen molar-refractivity contribution in [2.45, 2.75) is 25.4 Å². The first kappa shape index (κ1) is 18.2. The van der Waals surface area contributed by atoms with E-state index in [1.165, 1.54) is 19.1 Å². The van der Waals surface area contributed by atoms with Crippen LogP contribution in [0.5, 0.6) is 5.75 Å². The summed E-state index contributed by atoms with van der Waals surface area (Å²) >= 11 is 0. The molecule has 28 heavy (non-hydrogen) atoms. The summed E-state index contributed by atoms with van der Waals surface area (Å²) in [5, 5.41) is 42.6. The SMILES string of the molecule is C[C@@]1(O)c2cccc(O)c2C(O)=C2C(=O)[C@@H]3C(O)=C(C(N)=O)C(=O)C[C@@H]3C[C@@H]21. The molecule has 1 amide bonds. The van der Waals surface area contributed by atoms with Gasteiger partial charge < -0.3 is 26.2 Å². The molecule has 0 aliphatic heterocycles. The highest BCUT2D eigenvalue weighted by atomic mass is 16.3. The molecule has 3 aliphatic carbocycles. The third-order valence-corrected chi connectivity index (χ3v) is 6.19. The first-order chi connectivity index (χ1) is 13.1. The summed E-state index contributed by atoms with van der Waals surface area (Å²) in [6, 6.07) is 4.39. The Morgan fingerprint density at radius 2 is 1.89 bits per heavy atom. The lowest BCUT2D eigenvalue weighted by Crippen LogP contribution is -2.49. The fourth-order valence-electron chi connectivity index (χ4n) is 4.89. The number of ketones is 2. The minimum Gasteiger partial charge on any atom is -0.511 e. The number of hydrogen-bond acceptors (Lipinski definition) is 7. The van der Waals surface area contributed by atoms with E-state index in [0.29, 0.717) is 0 Å². The van der Waals surface area contributed by atoms with Crippen LogP contribution in [0.25, 0.3) is 5.76 Å². The van der Waals surface area contributed by atoms with Crippen LogP contribution in [0.4, 0.5) is 0 Å². The molecule has 0 spiro atoms. The van der Waals surface area contributed by atoms with Crippen molar-refractivity contribution >= 4 is 23.2 Å². The van der Waals surface area contributed by atoms with E-state index in [2.05, 4.69) is 0 Å². The number of aromatic hydroxyl groups is 1. The number of fused-ring (bicyclic) bond motifs is 3. The zero-order chi connectivity index (χ0) is 20.5. The van der Waals surface area contributed by atoms with Crippen molar-refractivity contribution in [3.8, 4) is 5.75 Å². The molecule has 1 fully saturated rings. The standard InChI is InChI=1S/C20H19NO7/c1-20(28)8-3-2-4-10(22)13(8)18(26)14-9(20)5-7-6-11(23)15(19(21)27)17(25)12(7)16(14)24/h2-4,7,9,12,22,25-26,28H,5-6H2,1H3,(H2,21,27)/t7-,9-,12+,20+/m0/s1. The monoisotopic (exact) mass is 385 g/mol. The Balaban J connectivity index is 1.95. The number of phenols is 1. The van der Waals surface area contributed by atoms with Crippen LogP contribution in [0.15, 0.2) is 35.1 Å². The zero-order valence-electron chi connectivity index (χ0n) is 15.0. The van der Waals surface area contributed by atoms with Crippen LogP contribution in [0.2, 0.25) is 0 Å². The highest BCUT2D eigenvalue weighted by Crippen LogP contribution is 2.55. The molecular formula is C20H19NO7. The molecule has 1 aromatic carbocycles. The van der Waals surface area contributed by atoms with E-state index in [0.717, 1.165) is 0 Å². The van der Waals surface area contributed by atoms with Crippen molar-refractivity contribution in [3.05, 3.63) is 46.2 Å². The Morgan fingerprint density at radius 3 is 2.54 bits per heavy atom. The van der Waals surface area contributed by atoms with Crippen LogP contribution in [-0.2, 0) is 20.0 Å². The molecule has 0 saturated heterocycles. The Hall–Kier alpha value is -3.13. The predicted molar refractivity (Wildman–Crippen MR) is 95.8 cm³/mol. The number of allylic oxidation sites excluding steroid dienone is 1. The average molecular weight is 385 g/mol. The second-order valence-corrected chi connectivity index (χ2v) is 7.75. The highest BCUT2D eigenvalue weighted by molar-refractivity contribution is 6.21. The summed E-state index contributed by atoms with van der Waals surface area (Å²) in [5.41, 5.74) is 3.07. The molecule has 1 aromatic rings.